The lowest BCUT2D eigenvalue weighted by molar-refractivity contribution is -0.173. The van der Waals surface area contributed by atoms with E-state index >= 15 is 0 Å². The van der Waals surface area contributed by atoms with E-state index in [1.807, 2.05) is 0 Å². The maximum absolute atomic E-state index is 14.7. The number of hydrogen-bond acceptors (Lipinski definition) is 11. The highest BCUT2D eigenvalue weighted by Crippen LogP contribution is 2.57. The van der Waals surface area contributed by atoms with Crippen LogP contribution in [0.1, 0.15) is 50.6 Å². The molecule has 1 fully saturated rings. The number of ether oxygens (including phenoxy) is 1. The summed E-state index contributed by atoms with van der Waals surface area (Å²) in [6, 6.07) is 22.7. The minimum absolute atomic E-state index is 0.00271. The Morgan fingerprint density at radius 2 is 1.38 bits per heavy atom. The van der Waals surface area contributed by atoms with Crippen LogP contribution in [0.15, 0.2) is 104 Å². The van der Waals surface area contributed by atoms with Crippen molar-refractivity contribution in [2.45, 2.75) is 42.5 Å². The van der Waals surface area contributed by atoms with Gasteiger partial charge in [-0.15, -0.1) is 0 Å². The molecule has 0 spiro atoms. The largest absolute Gasteiger partial charge is 0.382 e. The Hall–Kier alpha value is -5.14. The van der Waals surface area contributed by atoms with E-state index in [1.54, 1.807) is 42.5 Å². The first-order valence-electron chi connectivity index (χ1n) is 14.1. The summed E-state index contributed by atoms with van der Waals surface area (Å²) in [5, 5.41) is 37.8. The smallest absolute Gasteiger partial charge is 0.212 e. The quantitative estimate of drug-likeness (QED) is 0.180. The molecule has 5 aromatic rings. The molecule has 1 aliphatic heterocycles. The maximum Gasteiger partial charge on any atom is 0.212 e. The molecule has 12 heteroatoms. The van der Waals surface area contributed by atoms with Gasteiger partial charge in [0, 0.05) is 16.7 Å². The number of benzene rings is 3. The van der Waals surface area contributed by atoms with Gasteiger partial charge in [0.05, 0.1) is 6.33 Å². The molecule has 0 aliphatic carbocycles. The zero-order valence-corrected chi connectivity index (χ0v) is 24.0. The number of hydrogen-bond donors (Lipinski definition) is 4. The molecule has 0 radical (unpaired) electrons. The average Bonchev–Trinajstić information content (AvgIpc) is 3.61. The van der Waals surface area contributed by atoms with Crippen LogP contribution in [-0.4, -0.2) is 75.1 Å². The van der Waals surface area contributed by atoms with Crippen LogP contribution in [0.3, 0.4) is 0 Å². The fraction of sp³-hybridized carbons (Fsp3) is 0.212. The third-order valence-electron chi connectivity index (χ3n) is 8.50. The maximum atomic E-state index is 14.7. The number of carbonyl (C=O) groups is 3. The zero-order chi connectivity index (χ0) is 32.0. The monoisotopic (exact) mass is 607 g/mol. The van der Waals surface area contributed by atoms with E-state index in [0.717, 1.165) is 17.2 Å². The normalized spacial score (nSPS) is 25.2. The number of nitrogens with two attached hydrogens (primary N) is 1. The van der Waals surface area contributed by atoms with Crippen LogP contribution < -0.4 is 5.73 Å². The Morgan fingerprint density at radius 1 is 0.844 bits per heavy atom. The van der Waals surface area contributed by atoms with Crippen LogP contribution in [0.5, 0.6) is 0 Å². The molecular formula is C33H29N5O7. The first kappa shape index (κ1) is 29.9. The lowest BCUT2D eigenvalue weighted by Gasteiger charge is -2.45. The Balaban J connectivity index is 1.68. The minimum atomic E-state index is -3.27. The van der Waals surface area contributed by atoms with Gasteiger partial charge >= 0.3 is 0 Å². The van der Waals surface area contributed by atoms with Crippen molar-refractivity contribution in [2.24, 2.45) is 0 Å². The Labute approximate surface area is 256 Å². The fourth-order valence-electron chi connectivity index (χ4n) is 6.19. The van der Waals surface area contributed by atoms with Gasteiger partial charge in [-0.1, -0.05) is 97.9 Å². The van der Waals surface area contributed by atoms with Crippen LogP contribution in [-0.2, 0) is 4.74 Å². The van der Waals surface area contributed by atoms with Crippen molar-refractivity contribution in [3.8, 4) is 0 Å². The second-order valence-electron chi connectivity index (χ2n) is 10.8. The van der Waals surface area contributed by atoms with Gasteiger partial charge in [-0.05, 0) is 6.42 Å². The van der Waals surface area contributed by atoms with E-state index < -0.39 is 52.9 Å². The van der Waals surface area contributed by atoms with E-state index in [4.69, 9.17) is 10.5 Å². The highest BCUT2D eigenvalue weighted by atomic mass is 16.6. The lowest BCUT2D eigenvalue weighted by atomic mass is 9.62. The van der Waals surface area contributed by atoms with Crippen LogP contribution in [0.4, 0.5) is 5.82 Å². The summed E-state index contributed by atoms with van der Waals surface area (Å²) in [4.78, 5) is 55.5. The van der Waals surface area contributed by atoms with Gasteiger partial charge in [-0.3, -0.25) is 19.0 Å². The van der Waals surface area contributed by atoms with Crippen LogP contribution >= 0.6 is 0 Å². The Kier molecular flexibility index (Phi) is 7.37. The first-order chi connectivity index (χ1) is 21.6. The molecule has 3 heterocycles. The molecule has 3 aromatic carbocycles. The van der Waals surface area contributed by atoms with Crippen LogP contribution in [0.25, 0.3) is 11.2 Å². The number of nitrogen functional groups attached to an aromatic ring is 1. The summed E-state index contributed by atoms with van der Waals surface area (Å²) in [5.41, 5.74) is -3.09. The molecule has 1 saturated heterocycles. The zero-order valence-electron chi connectivity index (χ0n) is 24.0. The van der Waals surface area contributed by atoms with E-state index in [9.17, 15) is 29.7 Å². The van der Waals surface area contributed by atoms with Crippen molar-refractivity contribution in [3.63, 3.8) is 0 Å². The van der Waals surface area contributed by atoms with Crippen molar-refractivity contribution in [1.29, 1.82) is 0 Å². The van der Waals surface area contributed by atoms with E-state index in [2.05, 4.69) is 15.0 Å². The van der Waals surface area contributed by atoms with E-state index in [1.165, 1.54) is 55.5 Å². The molecule has 12 nitrogen and oxygen atoms in total. The number of imidazole rings is 1. The number of nitrogens with zero attached hydrogens (tertiary/aromatic N) is 4. The van der Waals surface area contributed by atoms with Gasteiger partial charge in [0.15, 0.2) is 23.5 Å². The van der Waals surface area contributed by atoms with E-state index in [-0.39, 0.29) is 33.7 Å². The molecule has 1 aliphatic rings. The summed E-state index contributed by atoms with van der Waals surface area (Å²) in [5.74, 6) is -3.20. The third kappa shape index (κ3) is 4.22. The summed E-state index contributed by atoms with van der Waals surface area (Å²) < 4.78 is 7.55. The number of anilines is 1. The molecule has 6 rings (SSSR count). The predicted octanol–water partition coefficient (Wildman–Crippen LogP) is 2.56. The van der Waals surface area contributed by atoms with Gasteiger partial charge in [-0.25, -0.2) is 15.0 Å². The number of aromatic nitrogens is 4. The number of aliphatic hydroxyl groups is 3. The molecule has 228 valence electrons. The second-order valence-corrected chi connectivity index (χ2v) is 10.8. The molecule has 0 saturated carbocycles. The highest BCUT2D eigenvalue weighted by molar-refractivity contribution is 6.14. The standard InChI is InChI=1S/C33H29N5O7/c1-2-31(27(42)24(39)20-12-6-3-7-13-20)33(44,26(41)22-16-10-5-11-17-22)32(43,25(40)21-14-8-4-9-15-21)30(45-31)38-19-37-23-28(34)35-18-36-29(23)38/h3-19,27,30,42-44H,2H2,1H3,(H2,34,35,36)/t27?,30-,31-,32+,33-/m1/s1. The third-order valence-corrected chi connectivity index (χ3v) is 8.50. The lowest BCUT2D eigenvalue weighted by Crippen LogP contribution is -2.74. The molecule has 0 bridgehead atoms. The first-order valence-corrected chi connectivity index (χ1v) is 14.1. The minimum Gasteiger partial charge on any atom is -0.382 e. The van der Waals surface area contributed by atoms with Gasteiger partial charge < -0.3 is 25.8 Å². The topological polar surface area (TPSA) is 191 Å². The van der Waals surface area contributed by atoms with Crippen LogP contribution in [0.2, 0.25) is 0 Å². The average molecular weight is 608 g/mol. The van der Waals surface area contributed by atoms with Gasteiger partial charge in [-0.2, -0.15) is 0 Å². The molecular weight excluding hydrogens is 578 g/mol. The predicted molar refractivity (Wildman–Crippen MR) is 161 cm³/mol. The van der Waals surface area contributed by atoms with Crippen molar-refractivity contribution < 1.29 is 34.4 Å². The van der Waals surface area contributed by atoms with Gasteiger partial charge in [0.2, 0.25) is 22.8 Å². The second kappa shape index (κ2) is 11.1. The fourth-order valence-corrected chi connectivity index (χ4v) is 6.19. The van der Waals surface area contributed by atoms with Crippen molar-refractivity contribution in [1.82, 2.24) is 19.5 Å². The Bertz CT molecular complexity index is 1900. The van der Waals surface area contributed by atoms with E-state index in [0.29, 0.717) is 0 Å². The Morgan fingerprint density at radius 3 is 1.93 bits per heavy atom. The summed E-state index contributed by atoms with van der Waals surface area (Å²) in [7, 11) is 0. The SMILES string of the molecule is CC[C@]1(C(O)C(=O)c2ccccc2)O[C@@H](n2cnc3c(N)ncnc32)[C@@](O)(C(=O)c2ccccc2)[C@@]1(O)C(=O)c1ccccc1. The van der Waals surface area contributed by atoms with Gasteiger partial charge in [0.1, 0.15) is 23.5 Å². The highest BCUT2D eigenvalue weighted by Gasteiger charge is 2.81. The van der Waals surface area contributed by atoms with Crippen molar-refractivity contribution >= 4 is 34.3 Å². The molecule has 45 heavy (non-hydrogen) atoms. The molecule has 5 atom stereocenters. The summed E-state index contributed by atoms with van der Waals surface area (Å²) >= 11 is 0. The summed E-state index contributed by atoms with van der Waals surface area (Å²) in [6.07, 6.45) is -2.33. The molecule has 2 aromatic heterocycles. The molecule has 0 amide bonds. The number of aliphatic hydroxyl groups excluding tert-OH is 1. The number of Topliss-reactive ketones (excluding diaryl/α,β-unsaturated/α-hetero) is 3. The number of carbonyl (C=O) groups excluding carboxylic acids is 3. The van der Waals surface area contributed by atoms with Crippen LogP contribution in [0, 0.1) is 0 Å². The van der Waals surface area contributed by atoms with Crippen molar-refractivity contribution in [2.75, 3.05) is 5.73 Å². The molecule has 5 N–H and O–H groups in total. The van der Waals surface area contributed by atoms with Crippen molar-refractivity contribution in [3.05, 3.63) is 120 Å². The van der Waals surface area contributed by atoms with Gasteiger partial charge in [0.25, 0.3) is 0 Å². The number of rotatable bonds is 9. The number of ketones is 3. The summed E-state index contributed by atoms with van der Waals surface area (Å²) in [6.45, 7) is 1.46. The molecule has 1 unspecified atom stereocenters. The number of fused-ring (bicyclic) bond motifs is 1.